The molecule has 1 aromatic rings. The van der Waals surface area contributed by atoms with E-state index >= 15 is 0 Å². The number of amides is 1. The predicted octanol–water partition coefficient (Wildman–Crippen LogP) is 1.28. The Hall–Kier alpha value is -1.27. The lowest BCUT2D eigenvalue weighted by atomic mass is 10.4. The Balaban J connectivity index is 2.40. The zero-order chi connectivity index (χ0) is 12.0. The van der Waals surface area contributed by atoms with Crippen LogP contribution in [0.5, 0.6) is 0 Å². The molecule has 0 aliphatic carbocycles. The third-order valence-electron chi connectivity index (χ3n) is 1.82. The summed E-state index contributed by atoms with van der Waals surface area (Å²) in [6.07, 6.45) is 0.985. The lowest BCUT2D eigenvalue weighted by Gasteiger charge is -2.02. The van der Waals surface area contributed by atoms with Gasteiger partial charge in [-0.05, 0) is 13.0 Å². The van der Waals surface area contributed by atoms with Gasteiger partial charge in [0.2, 0.25) is 5.91 Å². The van der Waals surface area contributed by atoms with Crippen LogP contribution < -0.4 is 10.6 Å². The lowest BCUT2D eigenvalue weighted by molar-refractivity contribution is -0.115. The van der Waals surface area contributed by atoms with E-state index in [0.717, 1.165) is 13.0 Å². The average Bonchev–Trinajstić information content (AvgIpc) is 2.66. The van der Waals surface area contributed by atoms with Gasteiger partial charge in [0.25, 0.3) is 0 Å². The number of hydrogen-bond donors (Lipinski definition) is 2. The van der Waals surface area contributed by atoms with Crippen LogP contribution in [-0.4, -0.2) is 29.8 Å². The fourth-order valence-electron chi connectivity index (χ4n) is 1.04. The second kappa shape index (κ2) is 6.34. The molecule has 0 unspecified atom stereocenters. The summed E-state index contributed by atoms with van der Waals surface area (Å²) >= 11 is 1.25. The monoisotopic (exact) mass is 241 g/mol. The second-order valence-electron chi connectivity index (χ2n) is 3.32. The number of nitrogens with zero attached hydrogens (tertiary/aromatic N) is 1. The normalized spacial score (nSPS) is 10.1. The fraction of sp³-hybridized carbons (Fsp3) is 0.500. The first-order chi connectivity index (χ1) is 7.63. The number of aromatic nitrogens is 1. The summed E-state index contributed by atoms with van der Waals surface area (Å²) in [5.74, 6) is -0.237. The Kier molecular flexibility index (Phi) is 5.07. The fourth-order valence-corrected chi connectivity index (χ4v) is 1.80. The summed E-state index contributed by atoms with van der Waals surface area (Å²) in [5.41, 5.74) is 0.391. The molecule has 88 valence electrons. The van der Waals surface area contributed by atoms with Crippen LogP contribution in [0.15, 0.2) is 5.38 Å². The van der Waals surface area contributed by atoms with Crippen molar-refractivity contribution in [2.24, 2.45) is 0 Å². The molecule has 2 N–H and O–H groups in total. The van der Waals surface area contributed by atoms with Crippen molar-refractivity contribution < 1.29 is 9.59 Å². The molecule has 0 aliphatic rings. The highest BCUT2D eigenvalue weighted by Gasteiger charge is 2.08. The topological polar surface area (TPSA) is 71.1 Å². The lowest BCUT2D eigenvalue weighted by Crippen LogP contribution is -2.28. The number of hydrogen-bond acceptors (Lipinski definition) is 5. The highest BCUT2D eigenvalue weighted by molar-refractivity contribution is 7.14. The average molecular weight is 241 g/mol. The Bertz CT molecular complexity index is 376. The highest BCUT2D eigenvalue weighted by atomic mass is 32.1. The highest BCUT2D eigenvalue weighted by Crippen LogP contribution is 2.15. The number of carbonyl (C=O) groups excluding carboxylic acids is 2. The molecule has 1 heterocycles. The third kappa shape index (κ3) is 4.08. The van der Waals surface area contributed by atoms with Gasteiger partial charge in [-0.3, -0.25) is 9.59 Å². The van der Waals surface area contributed by atoms with E-state index in [2.05, 4.69) is 15.6 Å². The number of nitrogens with one attached hydrogen (secondary N) is 2. The van der Waals surface area contributed by atoms with Gasteiger partial charge < -0.3 is 10.6 Å². The molecule has 0 saturated carbocycles. The first kappa shape index (κ1) is 12.8. The first-order valence-corrected chi connectivity index (χ1v) is 5.98. The predicted molar refractivity (Wildman–Crippen MR) is 63.9 cm³/mol. The minimum atomic E-state index is -0.141. The van der Waals surface area contributed by atoms with Gasteiger partial charge in [-0.2, -0.15) is 0 Å². The molecule has 5 nitrogen and oxygen atoms in total. The van der Waals surface area contributed by atoms with Gasteiger partial charge in [-0.25, -0.2) is 4.98 Å². The minimum Gasteiger partial charge on any atom is -0.308 e. The SMILES string of the molecule is CCCNCC(=O)Nc1nc(C(C)=O)cs1. The summed E-state index contributed by atoms with van der Waals surface area (Å²) in [7, 11) is 0. The van der Waals surface area contributed by atoms with Crippen molar-refractivity contribution in [3.8, 4) is 0 Å². The van der Waals surface area contributed by atoms with E-state index in [-0.39, 0.29) is 18.2 Å². The molecule has 0 fully saturated rings. The molecule has 1 rings (SSSR count). The van der Waals surface area contributed by atoms with Crippen LogP contribution in [0.1, 0.15) is 30.8 Å². The number of rotatable bonds is 6. The van der Waals surface area contributed by atoms with Crippen molar-refractivity contribution in [1.29, 1.82) is 0 Å². The van der Waals surface area contributed by atoms with Crippen LogP contribution in [0.4, 0.5) is 5.13 Å². The van der Waals surface area contributed by atoms with Gasteiger partial charge in [0.15, 0.2) is 10.9 Å². The molecule has 0 radical (unpaired) electrons. The standard InChI is InChI=1S/C10H15N3O2S/c1-3-4-11-5-9(15)13-10-12-8(6-16-10)7(2)14/h6,11H,3-5H2,1-2H3,(H,12,13,15). The van der Waals surface area contributed by atoms with Gasteiger partial charge in [-0.15, -0.1) is 11.3 Å². The van der Waals surface area contributed by atoms with Crippen molar-refractivity contribution in [2.45, 2.75) is 20.3 Å². The molecule has 6 heteroatoms. The van der Waals surface area contributed by atoms with E-state index in [9.17, 15) is 9.59 Å². The molecule has 1 amide bonds. The number of thiazole rings is 1. The van der Waals surface area contributed by atoms with E-state index in [1.807, 2.05) is 6.92 Å². The summed E-state index contributed by atoms with van der Waals surface area (Å²) in [6.45, 7) is 4.56. The van der Waals surface area contributed by atoms with Gasteiger partial charge in [0.05, 0.1) is 6.54 Å². The quantitative estimate of drug-likeness (QED) is 0.581. The maximum absolute atomic E-state index is 11.4. The number of carbonyl (C=O) groups is 2. The van der Waals surface area contributed by atoms with E-state index in [1.165, 1.54) is 18.3 Å². The third-order valence-corrected chi connectivity index (χ3v) is 2.58. The number of ketones is 1. The molecular formula is C10H15N3O2S. The number of anilines is 1. The zero-order valence-electron chi connectivity index (χ0n) is 9.37. The summed E-state index contributed by atoms with van der Waals surface area (Å²) in [4.78, 5) is 26.3. The van der Waals surface area contributed by atoms with Crippen molar-refractivity contribution >= 4 is 28.2 Å². The van der Waals surface area contributed by atoms with Crippen molar-refractivity contribution in [3.05, 3.63) is 11.1 Å². The Morgan fingerprint density at radius 3 is 2.81 bits per heavy atom. The Morgan fingerprint density at radius 2 is 2.25 bits per heavy atom. The van der Waals surface area contributed by atoms with Crippen LogP contribution in [0, 0.1) is 0 Å². The van der Waals surface area contributed by atoms with Crippen LogP contribution in [0.25, 0.3) is 0 Å². The summed E-state index contributed by atoms with van der Waals surface area (Å²) < 4.78 is 0. The molecule has 0 bridgehead atoms. The molecule has 0 aliphatic heterocycles. The number of Topliss-reactive ketones (excluding diaryl/α,β-unsaturated/α-hetero) is 1. The maximum atomic E-state index is 11.4. The Morgan fingerprint density at radius 1 is 1.50 bits per heavy atom. The molecule has 16 heavy (non-hydrogen) atoms. The summed E-state index contributed by atoms with van der Waals surface area (Å²) in [6, 6.07) is 0. The van der Waals surface area contributed by atoms with Crippen LogP contribution >= 0.6 is 11.3 Å². The molecule has 0 atom stereocenters. The minimum absolute atomic E-state index is 0.0964. The van der Waals surface area contributed by atoms with E-state index in [1.54, 1.807) is 5.38 Å². The van der Waals surface area contributed by atoms with E-state index in [0.29, 0.717) is 10.8 Å². The van der Waals surface area contributed by atoms with Gasteiger partial charge in [0.1, 0.15) is 5.69 Å². The van der Waals surface area contributed by atoms with Crippen molar-refractivity contribution in [1.82, 2.24) is 10.3 Å². The zero-order valence-corrected chi connectivity index (χ0v) is 10.2. The summed E-state index contributed by atoms with van der Waals surface area (Å²) in [5, 5.41) is 7.71. The molecular weight excluding hydrogens is 226 g/mol. The molecule has 0 aromatic carbocycles. The van der Waals surface area contributed by atoms with Crippen LogP contribution in [-0.2, 0) is 4.79 Å². The molecule has 0 saturated heterocycles. The van der Waals surface area contributed by atoms with Crippen LogP contribution in [0.2, 0.25) is 0 Å². The molecule has 1 aromatic heterocycles. The van der Waals surface area contributed by atoms with Gasteiger partial charge >= 0.3 is 0 Å². The van der Waals surface area contributed by atoms with E-state index in [4.69, 9.17) is 0 Å². The van der Waals surface area contributed by atoms with E-state index < -0.39 is 0 Å². The Labute approximate surface area is 98.3 Å². The van der Waals surface area contributed by atoms with Crippen molar-refractivity contribution in [2.75, 3.05) is 18.4 Å². The van der Waals surface area contributed by atoms with Crippen molar-refractivity contribution in [3.63, 3.8) is 0 Å². The maximum Gasteiger partial charge on any atom is 0.240 e. The first-order valence-electron chi connectivity index (χ1n) is 5.10. The van der Waals surface area contributed by atoms with Crippen LogP contribution in [0.3, 0.4) is 0 Å². The smallest absolute Gasteiger partial charge is 0.240 e. The van der Waals surface area contributed by atoms with Gasteiger partial charge in [0, 0.05) is 12.3 Å². The largest absolute Gasteiger partial charge is 0.308 e. The second-order valence-corrected chi connectivity index (χ2v) is 4.18. The van der Waals surface area contributed by atoms with Gasteiger partial charge in [-0.1, -0.05) is 6.92 Å². The molecule has 0 spiro atoms.